The molecule has 0 radical (unpaired) electrons. The van der Waals surface area contributed by atoms with Crippen LogP contribution in [0.5, 0.6) is 0 Å². The van der Waals surface area contributed by atoms with Gasteiger partial charge in [0.2, 0.25) is 0 Å². The SMILES string of the molecule is O=C(OCC(=O)N1CCc2ccccc2C1)c1nc(-c2ccccc2)n(-c2ccccc2)n1. The average Bonchev–Trinajstić information content (AvgIpc) is 3.33. The Bertz CT molecular complexity index is 1230. The van der Waals surface area contributed by atoms with E-state index in [4.69, 9.17) is 4.74 Å². The summed E-state index contributed by atoms with van der Waals surface area (Å²) in [5, 5.41) is 4.38. The van der Waals surface area contributed by atoms with Gasteiger partial charge in [-0.3, -0.25) is 4.79 Å². The Labute approximate surface area is 191 Å². The number of para-hydroxylation sites is 1. The molecule has 0 fully saturated rings. The van der Waals surface area contributed by atoms with Gasteiger partial charge in [0, 0.05) is 18.7 Å². The van der Waals surface area contributed by atoms with Gasteiger partial charge in [-0.2, -0.15) is 0 Å². The number of fused-ring (bicyclic) bond motifs is 1. The molecule has 2 heterocycles. The molecule has 1 aliphatic heterocycles. The third kappa shape index (κ3) is 4.39. The largest absolute Gasteiger partial charge is 0.450 e. The topological polar surface area (TPSA) is 77.3 Å². The molecule has 0 N–H and O–H groups in total. The quantitative estimate of drug-likeness (QED) is 0.444. The second-order valence-electron chi connectivity index (χ2n) is 7.78. The van der Waals surface area contributed by atoms with Crippen LogP contribution in [0.25, 0.3) is 17.1 Å². The van der Waals surface area contributed by atoms with Crippen LogP contribution in [0.3, 0.4) is 0 Å². The van der Waals surface area contributed by atoms with Gasteiger partial charge < -0.3 is 9.64 Å². The molecule has 1 aromatic heterocycles. The van der Waals surface area contributed by atoms with E-state index in [1.807, 2.05) is 78.9 Å². The van der Waals surface area contributed by atoms with Crippen molar-refractivity contribution in [1.29, 1.82) is 0 Å². The molecular formula is C26H22N4O3. The highest BCUT2D eigenvalue weighted by Gasteiger charge is 2.24. The monoisotopic (exact) mass is 438 g/mol. The van der Waals surface area contributed by atoms with Crippen molar-refractivity contribution in [3.8, 4) is 17.1 Å². The van der Waals surface area contributed by atoms with E-state index in [0.29, 0.717) is 18.9 Å². The lowest BCUT2D eigenvalue weighted by Crippen LogP contribution is -2.38. The van der Waals surface area contributed by atoms with E-state index in [1.54, 1.807) is 9.58 Å². The Morgan fingerprint density at radius 3 is 2.27 bits per heavy atom. The number of ether oxygens (including phenoxy) is 1. The number of carbonyl (C=O) groups is 2. The number of amides is 1. The molecule has 4 aromatic rings. The van der Waals surface area contributed by atoms with Crippen molar-refractivity contribution in [2.45, 2.75) is 13.0 Å². The highest BCUT2D eigenvalue weighted by molar-refractivity contribution is 5.88. The third-order valence-corrected chi connectivity index (χ3v) is 5.63. The van der Waals surface area contributed by atoms with Crippen molar-refractivity contribution in [2.24, 2.45) is 0 Å². The number of hydrogen-bond donors (Lipinski definition) is 0. The Hall–Kier alpha value is -4.26. The summed E-state index contributed by atoms with van der Waals surface area (Å²) >= 11 is 0. The van der Waals surface area contributed by atoms with Crippen LogP contribution in [0.1, 0.15) is 21.7 Å². The number of esters is 1. The molecule has 33 heavy (non-hydrogen) atoms. The lowest BCUT2D eigenvalue weighted by Gasteiger charge is -2.28. The van der Waals surface area contributed by atoms with Crippen LogP contribution in [0.15, 0.2) is 84.9 Å². The van der Waals surface area contributed by atoms with E-state index < -0.39 is 5.97 Å². The van der Waals surface area contributed by atoms with Gasteiger partial charge in [0.05, 0.1) is 5.69 Å². The average molecular weight is 438 g/mol. The maximum Gasteiger partial charge on any atom is 0.378 e. The summed E-state index contributed by atoms with van der Waals surface area (Å²) in [6.07, 6.45) is 0.791. The molecule has 1 amide bonds. The Morgan fingerprint density at radius 1 is 0.848 bits per heavy atom. The van der Waals surface area contributed by atoms with Crippen LogP contribution in [0.2, 0.25) is 0 Å². The molecule has 0 saturated carbocycles. The molecule has 164 valence electrons. The minimum absolute atomic E-state index is 0.0884. The molecule has 7 nitrogen and oxygen atoms in total. The van der Waals surface area contributed by atoms with E-state index in [9.17, 15) is 9.59 Å². The van der Waals surface area contributed by atoms with E-state index in [1.165, 1.54) is 5.56 Å². The zero-order valence-electron chi connectivity index (χ0n) is 17.9. The van der Waals surface area contributed by atoms with Gasteiger partial charge in [0.1, 0.15) is 0 Å². The van der Waals surface area contributed by atoms with Crippen LogP contribution in [-0.2, 0) is 22.5 Å². The van der Waals surface area contributed by atoms with Gasteiger partial charge in [0.15, 0.2) is 12.4 Å². The Balaban J connectivity index is 1.32. The standard InChI is InChI=1S/C26H22N4O3/c31-23(29-16-15-19-9-7-8-12-21(19)17-29)18-33-26(32)24-27-25(20-10-3-1-4-11-20)30(28-24)22-13-5-2-6-14-22/h1-14H,15-18H2. The number of benzene rings is 3. The second-order valence-corrected chi connectivity index (χ2v) is 7.78. The van der Waals surface area contributed by atoms with Crippen LogP contribution in [0.4, 0.5) is 0 Å². The summed E-state index contributed by atoms with van der Waals surface area (Å²) in [4.78, 5) is 31.5. The van der Waals surface area contributed by atoms with E-state index >= 15 is 0 Å². The first-order valence-corrected chi connectivity index (χ1v) is 10.8. The van der Waals surface area contributed by atoms with Gasteiger partial charge in [-0.05, 0) is 29.7 Å². The molecule has 0 bridgehead atoms. The highest BCUT2D eigenvalue weighted by atomic mass is 16.5. The number of carbonyl (C=O) groups excluding carboxylic acids is 2. The smallest absolute Gasteiger partial charge is 0.378 e. The third-order valence-electron chi connectivity index (χ3n) is 5.63. The highest BCUT2D eigenvalue weighted by Crippen LogP contribution is 2.22. The first kappa shape index (κ1) is 20.6. The molecule has 0 unspecified atom stereocenters. The van der Waals surface area contributed by atoms with Crippen LogP contribution in [-0.4, -0.2) is 44.7 Å². The molecule has 0 saturated heterocycles. The van der Waals surface area contributed by atoms with E-state index in [-0.39, 0.29) is 18.3 Å². The molecule has 0 spiro atoms. The first-order chi connectivity index (χ1) is 16.2. The Kier molecular flexibility index (Phi) is 5.68. The van der Waals surface area contributed by atoms with Crippen molar-refractivity contribution in [1.82, 2.24) is 19.7 Å². The van der Waals surface area contributed by atoms with Crippen molar-refractivity contribution in [3.05, 3.63) is 102 Å². The van der Waals surface area contributed by atoms with Gasteiger partial charge in [0.25, 0.3) is 11.7 Å². The van der Waals surface area contributed by atoms with Crippen molar-refractivity contribution >= 4 is 11.9 Å². The second kappa shape index (κ2) is 9.08. The molecule has 0 atom stereocenters. The summed E-state index contributed by atoms with van der Waals surface area (Å²) < 4.78 is 6.91. The van der Waals surface area contributed by atoms with Crippen molar-refractivity contribution in [2.75, 3.05) is 13.2 Å². The van der Waals surface area contributed by atoms with Crippen molar-refractivity contribution in [3.63, 3.8) is 0 Å². The fourth-order valence-corrected chi connectivity index (χ4v) is 3.91. The predicted octanol–water partition coefficient (Wildman–Crippen LogP) is 3.68. The first-order valence-electron chi connectivity index (χ1n) is 10.8. The summed E-state index contributed by atoms with van der Waals surface area (Å²) in [7, 11) is 0. The zero-order chi connectivity index (χ0) is 22.6. The fraction of sp³-hybridized carbons (Fsp3) is 0.154. The number of aromatic nitrogens is 3. The van der Waals surface area contributed by atoms with Crippen LogP contribution >= 0.6 is 0 Å². The normalized spacial score (nSPS) is 12.8. The molecule has 0 aliphatic carbocycles. The minimum atomic E-state index is -0.729. The summed E-state index contributed by atoms with van der Waals surface area (Å²) in [6.45, 7) is 0.777. The molecule has 1 aliphatic rings. The molecule has 3 aromatic carbocycles. The lowest BCUT2D eigenvalue weighted by molar-refractivity contribution is -0.135. The zero-order valence-corrected chi connectivity index (χ0v) is 17.9. The number of nitrogens with zero attached hydrogens (tertiary/aromatic N) is 4. The van der Waals surface area contributed by atoms with Gasteiger partial charge in [-0.25, -0.2) is 14.5 Å². The molecule has 7 heteroatoms. The van der Waals surface area contributed by atoms with Gasteiger partial charge in [-0.15, -0.1) is 5.10 Å². The van der Waals surface area contributed by atoms with E-state index in [0.717, 1.165) is 23.2 Å². The Morgan fingerprint density at radius 2 is 1.52 bits per heavy atom. The lowest BCUT2D eigenvalue weighted by atomic mass is 10.00. The summed E-state index contributed by atoms with van der Waals surface area (Å²) in [5.41, 5.74) is 3.96. The fourth-order valence-electron chi connectivity index (χ4n) is 3.91. The van der Waals surface area contributed by atoms with Crippen LogP contribution < -0.4 is 0 Å². The van der Waals surface area contributed by atoms with Crippen molar-refractivity contribution < 1.29 is 14.3 Å². The van der Waals surface area contributed by atoms with Crippen LogP contribution in [0, 0.1) is 0 Å². The van der Waals surface area contributed by atoms with Gasteiger partial charge in [-0.1, -0.05) is 72.8 Å². The summed E-state index contributed by atoms with van der Waals surface area (Å²) in [5.74, 6) is -0.529. The van der Waals surface area contributed by atoms with Gasteiger partial charge >= 0.3 is 5.97 Å². The number of rotatable bonds is 5. The number of hydrogen-bond acceptors (Lipinski definition) is 5. The maximum atomic E-state index is 12.7. The molecule has 5 rings (SSSR count). The summed E-state index contributed by atoms with van der Waals surface area (Å²) in [6, 6.07) is 27.0. The molecular weight excluding hydrogens is 416 g/mol. The maximum absolute atomic E-state index is 12.7. The predicted molar refractivity (Wildman–Crippen MR) is 123 cm³/mol. The minimum Gasteiger partial charge on any atom is -0.450 e. The van der Waals surface area contributed by atoms with E-state index in [2.05, 4.69) is 16.1 Å².